The molecule has 2 aromatic carbocycles. The second kappa shape index (κ2) is 17.6. The summed E-state index contributed by atoms with van der Waals surface area (Å²) in [5, 5.41) is 5.85. The van der Waals surface area contributed by atoms with Crippen molar-refractivity contribution in [2.24, 2.45) is 4.99 Å². The van der Waals surface area contributed by atoms with E-state index < -0.39 is 46.3 Å². The molecule has 3 N–H and O–H groups in total. The number of nitrogens with zero attached hydrogens (tertiary/aromatic N) is 2. The highest BCUT2D eigenvalue weighted by atomic mass is 35.5. The van der Waals surface area contributed by atoms with Crippen LogP contribution in [-0.4, -0.2) is 50.8 Å². The van der Waals surface area contributed by atoms with E-state index in [4.69, 9.17) is 16.2 Å². The Morgan fingerprint density at radius 3 is 2.52 bits per heavy atom. The van der Waals surface area contributed by atoms with Gasteiger partial charge in [-0.2, -0.15) is 13.2 Å². The summed E-state index contributed by atoms with van der Waals surface area (Å²) in [6.07, 6.45) is -0.565. The van der Waals surface area contributed by atoms with Gasteiger partial charge >= 0.3 is 6.18 Å². The van der Waals surface area contributed by atoms with Gasteiger partial charge in [0.2, 0.25) is 5.91 Å². The van der Waals surface area contributed by atoms with Crippen LogP contribution in [0.1, 0.15) is 67.2 Å². The van der Waals surface area contributed by atoms with Crippen LogP contribution in [0.25, 0.3) is 0 Å². The first-order chi connectivity index (χ1) is 21.8. The average molecular weight is 687 g/mol. The first kappa shape index (κ1) is 37.2. The quantitative estimate of drug-likeness (QED) is 0.0773. The number of pyridine rings is 1. The predicted molar refractivity (Wildman–Crippen MR) is 171 cm³/mol. The molecule has 250 valence electrons. The third-order valence-corrected chi connectivity index (χ3v) is 8.47. The molecule has 1 amide bonds. The third kappa shape index (κ3) is 11.5. The molecule has 0 aliphatic carbocycles. The van der Waals surface area contributed by atoms with Crippen LogP contribution < -0.4 is 10.6 Å². The number of hydrogen-bond donors (Lipinski definition) is 3. The fraction of sp³-hybridized carbons (Fsp3) is 0.406. The molecule has 46 heavy (non-hydrogen) atoms. The van der Waals surface area contributed by atoms with Crippen LogP contribution in [-0.2, 0) is 28.5 Å². The fourth-order valence-corrected chi connectivity index (χ4v) is 5.54. The van der Waals surface area contributed by atoms with E-state index in [1.807, 2.05) is 6.92 Å². The van der Waals surface area contributed by atoms with E-state index in [9.17, 15) is 31.0 Å². The van der Waals surface area contributed by atoms with E-state index in [0.717, 1.165) is 12.1 Å². The van der Waals surface area contributed by atoms with Gasteiger partial charge in [-0.25, -0.2) is 13.0 Å². The molecule has 0 fully saturated rings. The van der Waals surface area contributed by atoms with Gasteiger partial charge in [-0.3, -0.25) is 14.8 Å². The molecule has 14 heteroatoms. The van der Waals surface area contributed by atoms with E-state index in [1.165, 1.54) is 36.5 Å². The summed E-state index contributed by atoms with van der Waals surface area (Å²) in [5.41, 5.74) is -0.270. The molecule has 0 saturated heterocycles. The largest absolute Gasteiger partial charge is 0.417 e. The van der Waals surface area contributed by atoms with Gasteiger partial charge in [0.1, 0.15) is 11.6 Å². The Kier molecular flexibility index (Phi) is 14.2. The molecule has 1 aromatic heterocycles. The normalized spacial score (nSPS) is 14.3. The van der Waals surface area contributed by atoms with Crippen molar-refractivity contribution in [1.82, 2.24) is 10.3 Å². The Labute approximate surface area is 272 Å². The zero-order valence-electron chi connectivity index (χ0n) is 25.1. The molecule has 0 saturated carbocycles. The summed E-state index contributed by atoms with van der Waals surface area (Å²) in [6, 6.07) is 8.77. The maximum Gasteiger partial charge on any atom is 0.417 e. The molecule has 3 rings (SSSR count). The van der Waals surface area contributed by atoms with Gasteiger partial charge in [-0.1, -0.05) is 23.7 Å². The maximum absolute atomic E-state index is 15.0. The SMILES string of the molecule is C=NC(CCCS(=O)O)CCNC(C)CCc1c(F)cccc1NC(=O)CC(c1cncc(C(F)(F)F)c1)c1ccc(Cl)c(F)c1. The topological polar surface area (TPSA) is 104 Å². The van der Waals surface area contributed by atoms with Crippen molar-refractivity contribution in [3.63, 3.8) is 0 Å². The number of aromatic nitrogens is 1. The summed E-state index contributed by atoms with van der Waals surface area (Å²) < 4.78 is 89.4. The molecule has 0 aliphatic heterocycles. The lowest BCUT2D eigenvalue weighted by Crippen LogP contribution is -2.29. The second-order valence-corrected chi connectivity index (χ2v) is 12.4. The molecule has 0 spiro atoms. The van der Waals surface area contributed by atoms with E-state index in [1.54, 1.807) is 0 Å². The van der Waals surface area contributed by atoms with Gasteiger partial charge in [0, 0.05) is 47.8 Å². The Hall–Kier alpha value is -3.26. The lowest BCUT2D eigenvalue weighted by Gasteiger charge is -2.20. The summed E-state index contributed by atoms with van der Waals surface area (Å²) in [7, 11) is 0. The van der Waals surface area contributed by atoms with Crippen LogP contribution in [0.2, 0.25) is 5.02 Å². The van der Waals surface area contributed by atoms with Crippen molar-refractivity contribution in [3.8, 4) is 0 Å². The van der Waals surface area contributed by atoms with Gasteiger partial charge < -0.3 is 15.2 Å². The molecule has 1 heterocycles. The molecular formula is C32H36ClF5N4O3S. The Bertz CT molecular complexity index is 1510. The number of aliphatic imine (C=N–C) groups is 1. The molecule has 0 bridgehead atoms. The summed E-state index contributed by atoms with van der Waals surface area (Å²) in [5.74, 6) is -2.78. The molecule has 0 radical (unpaired) electrons. The minimum Gasteiger partial charge on any atom is -0.326 e. The maximum atomic E-state index is 15.0. The first-order valence-corrected chi connectivity index (χ1v) is 16.2. The number of nitrogens with one attached hydrogen (secondary N) is 2. The summed E-state index contributed by atoms with van der Waals surface area (Å²) in [6.45, 7) is 6.12. The summed E-state index contributed by atoms with van der Waals surface area (Å²) >= 11 is 3.97. The van der Waals surface area contributed by atoms with E-state index >= 15 is 0 Å². The molecule has 7 nitrogen and oxygen atoms in total. The number of benzene rings is 2. The van der Waals surface area contributed by atoms with Crippen molar-refractivity contribution >= 4 is 41.0 Å². The number of carbonyl (C=O) groups is 1. The minimum absolute atomic E-state index is 0.0313. The lowest BCUT2D eigenvalue weighted by molar-refractivity contribution is -0.137. The number of hydrogen-bond acceptors (Lipinski definition) is 5. The van der Waals surface area contributed by atoms with Crippen molar-refractivity contribution in [1.29, 1.82) is 0 Å². The van der Waals surface area contributed by atoms with E-state index in [-0.39, 0.29) is 58.1 Å². The number of anilines is 1. The molecule has 0 aliphatic rings. The zero-order chi connectivity index (χ0) is 33.9. The number of halogens is 6. The molecule has 4 atom stereocenters. The highest BCUT2D eigenvalue weighted by Gasteiger charge is 2.32. The predicted octanol–water partition coefficient (Wildman–Crippen LogP) is 7.56. The van der Waals surface area contributed by atoms with Gasteiger partial charge in [0.05, 0.1) is 16.6 Å². The van der Waals surface area contributed by atoms with Gasteiger partial charge in [0.25, 0.3) is 0 Å². The highest BCUT2D eigenvalue weighted by Crippen LogP contribution is 2.35. The number of alkyl halides is 3. The monoisotopic (exact) mass is 686 g/mol. The van der Waals surface area contributed by atoms with Crippen molar-refractivity contribution in [3.05, 3.63) is 93.8 Å². The van der Waals surface area contributed by atoms with Crippen molar-refractivity contribution in [2.75, 3.05) is 17.6 Å². The van der Waals surface area contributed by atoms with Crippen LogP contribution in [0.4, 0.5) is 27.6 Å². The number of carbonyl (C=O) groups excluding carboxylic acids is 1. The van der Waals surface area contributed by atoms with Gasteiger partial charge in [-0.15, -0.1) is 0 Å². The first-order valence-electron chi connectivity index (χ1n) is 14.6. The average Bonchev–Trinajstić information content (AvgIpc) is 2.99. The third-order valence-electron chi connectivity index (χ3n) is 7.53. The standard InChI is InChI=1S/C32H36ClF5N4O3S/c1-20(41-13-12-24(39-2)5-4-14-46(44)45)8-10-25-28(34)6-3-7-30(25)42-31(43)17-26(21-9-11-27(33)29(35)16-21)22-15-23(19-40-18-22)32(36,37)38/h3,6-7,9,11,15-16,18-20,24,26,41H,2,4-5,8,10,12-14,17H2,1H3,(H,42,43)(H,44,45). The molecular weight excluding hydrogens is 651 g/mol. The Morgan fingerprint density at radius 1 is 1.09 bits per heavy atom. The second-order valence-electron chi connectivity index (χ2n) is 10.9. The zero-order valence-corrected chi connectivity index (χ0v) is 26.7. The van der Waals surface area contributed by atoms with Gasteiger partial charge in [-0.05, 0) is 93.7 Å². The Morgan fingerprint density at radius 2 is 1.85 bits per heavy atom. The fourth-order valence-electron chi connectivity index (χ4n) is 5.01. The minimum atomic E-state index is -4.68. The highest BCUT2D eigenvalue weighted by molar-refractivity contribution is 7.79. The van der Waals surface area contributed by atoms with Crippen molar-refractivity contribution < 1.29 is 35.5 Å². The number of amides is 1. The molecule has 3 aromatic rings. The number of rotatable bonds is 17. The smallest absolute Gasteiger partial charge is 0.326 e. The van der Waals surface area contributed by atoms with Gasteiger partial charge in [0.15, 0.2) is 11.1 Å². The van der Waals surface area contributed by atoms with Crippen LogP contribution in [0.5, 0.6) is 0 Å². The van der Waals surface area contributed by atoms with Crippen LogP contribution in [0.15, 0.2) is 59.9 Å². The Balaban J connectivity index is 1.69. The lowest BCUT2D eigenvalue weighted by atomic mass is 9.88. The van der Waals surface area contributed by atoms with Crippen LogP contribution >= 0.6 is 11.6 Å². The summed E-state index contributed by atoms with van der Waals surface area (Å²) in [4.78, 5) is 21.1. The molecule has 4 unspecified atom stereocenters. The van der Waals surface area contributed by atoms with E-state index in [0.29, 0.717) is 38.4 Å². The van der Waals surface area contributed by atoms with Crippen LogP contribution in [0.3, 0.4) is 0 Å². The van der Waals surface area contributed by atoms with E-state index in [2.05, 4.69) is 27.3 Å². The van der Waals surface area contributed by atoms with Crippen molar-refractivity contribution in [2.45, 2.75) is 69.6 Å². The van der Waals surface area contributed by atoms with Crippen LogP contribution in [0, 0.1) is 11.6 Å².